The van der Waals surface area contributed by atoms with E-state index in [4.69, 9.17) is 10.5 Å². The van der Waals surface area contributed by atoms with E-state index < -0.39 is 10.0 Å². The largest absolute Gasteiger partial charge is 0.495 e. The number of rotatable bonds is 5. The molecule has 0 radical (unpaired) electrons. The highest BCUT2D eigenvalue weighted by atomic mass is 79.9. The van der Waals surface area contributed by atoms with Crippen molar-refractivity contribution in [2.45, 2.75) is 11.4 Å². The predicted octanol–water partition coefficient (Wildman–Crippen LogP) is 2.72. The molecular formula is C14H15BrN2O3S. The molecule has 0 unspecified atom stereocenters. The molecule has 0 heterocycles. The van der Waals surface area contributed by atoms with E-state index in [1.54, 1.807) is 36.4 Å². The number of anilines is 1. The number of nitrogens with two attached hydrogens (primary N) is 1. The first-order chi connectivity index (χ1) is 9.96. The third-order valence-corrected chi connectivity index (χ3v) is 4.88. The average Bonchev–Trinajstić information content (AvgIpc) is 2.49. The maximum Gasteiger partial charge on any atom is 0.261 e. The van der Waals surface area contributed by atoms with Gasteiger partial charge in [0.1, 0.15) is 5.75 Å². The van der Waals surface area contributed by atoms with E-state index in [1.807, 2.05) is 0 Å². The molecule has 2 rings (SSSR count). The summed E-state index contributed by atoms with van der Waals surface area (Å²) in [6, 6.07) is 11.5. The molecular weight excluding hydrogens is 356 g/mol. The number of methoxy groups -OCH3 is 1. The summed E-state index contributed by atoms with van der Waals surface area (Å²) in [6.45, 7) is 0.287. The fraction of sp³-hybridized carbons (Fsp3) is 0.143. The van der Waals surface area contributed by atoms with Crippen molar-refractivity contribution in [2.24, 2.45) is 5.73 Å². The Labute approximate surface area is 132 Å². The number of nitrogens with one attached hydrogen (secondary N) is 1. The van der Waals surface area contributed by atoms with Crippen molar-refractivity contribution >= 4 is 31.6 Å². The summed E-state index contributed by atoms with van der Waals surface area (Å²) in [5.74, 6) is 0.547. The van der Waals surface area contributed by atoms with E-state index >= 15 is 0 Å². The Morgan fingerprint density at radius 2 is 2.00 bits per heavy atom. The maximum atomic E-state index is 12.3. The van der Waals surface area contributed by atoms with Crippen LogP contribution >= 0.6 is 15.9 Å². The van der Waals surface area contributed by atoms with Crippen molar-refractivity contribution in [3.05, 3.63) is 52.5 Å². The molecule has 0 aromatic heterocycles. The molecule has 0 amide bonds. The van der Waals surface area contributed by atoms with E-state index in [-0.39, 0.29) is 11.4 Å². The predicted molar refractivity (Wildman–Crippen MR) is 85.8 cm³/mol. The number of hydrogen-bond donors (Lipinski definition) is 2. The van der Waals surface area contributed by atoms with Crippen LogP contribution < -0.4 is 15.2 Å². The van der Waals surface area contributed by atoms with Crippen molar-refractivity contribution in [1.29, 1.82) is 0 Å². The lowest BCUT2D eigenvalue weighted by Gasteiger charge is -2.11. The Morgan fingerprint density at radius 3 is 2.67 bits per heavy atom. The van der Waals surface area contributed by atoms with Gasteiger partial charge in [0.05, 0.1) is 22.2 Å². The van der Waals surface area contributed by atoms with Gasteiger partial charge in [0.2, 0.25) is 0 Å². The van der Waals surface area contributed by atoms with Crippen molar-refractivity contribution in [1.82, 2.24) is 0 Å². The van der Waals surface area contributed by atoms with Gasteiger partial charge in [-0.05, 0) is 45.8 Å². The van der Waals surface area contributed by atoms with Crippen LogP contribution in [0.4, 0.5) is 5.69 Å². The van der Waals surface area contributed by atoms with Gasteiger partial charge in [-0.25, -0.2) is 8.42 Å². The smallest absolute Gasteiger partial charge is 0.261 e. The highest BCUT2D eigenvalue weighted by Crippen LogP contribution is 2.29. The number of halogens is 1. The van der Waals surface area contributed by atoms with Gasteiger partial charge in [-0.2, -0.15) is 0 Å². The lowest BCUT2D eigenvalue weighted by atomic mass is 10.2. The third kappa shape index (κ3) is 3.75. The molecule has 0 saturated heterocycles. The molecule has 0 aliphatic carbocycles. The molecule has 2 aromatic carbocycles. The van der Waals surface area contributed by atoms with Gasteiger partial charge in [-0.15, -0.1) is 0 Å². The Bertz CT molecular complexity index is 748. The second kappa shape index (κ2) is 6.46. The van der Waals surface area contributed by atoms with Crippen LogP contribution in [0.5, 0.6) is 5.75 Å². The van der Waals surface area contributed by atoms with E-state index in [9.17, 15) is 8.42 Å². The van der Waals surface area contributed by atoms with Crippen molar-refractivity contribution in [2.75, 3.05) is 11.8 Å². The zero-order valence-electron chi connectivity index (χ0n) is 11.3. The summed E-state index contributed by atoms with van der Waals surface area (Å²) in [7, 11) is -2.14. The molecule has 2 aromatic rings. The Hall–Kier alpha value is -1.57. The maximum absolute atomic E-state index is 12.3. The molecule has 7 heteroatoms. The fourth-order valence-corrected chi connectivity index (χ4v) is 3.30. The van der Waals surface area contributed by atoms with Crippen molar-refractivity contribution < 1.29 is 13.2 Å². The summed E-state index contributed by atoms with van der Waals surface area (Å²) < 4.78 is 33.1. The van der Waals surface area contributed by atoms with Gasteiger partial charge >= 0.3 is 0 Å². The van der Waals surface area contributed by atoms with Gasteiger partial charge in [0, 0.05) is 12.6 Å². The quantitative estimate of drug-likeness (QED) is 0.847. The monoisotopic (exact) mass is 370 g/mol. The molecule has 5 nitrogen and oxygen atoms in total. The van der Waals surface area contributed by atoms with Gasteiger partial charge in [-0.1, -0.05) is 12.1 Å². The number of hydrogen-bond acceptors (Lipinski definition) is 4. The van der Waals surface area contributed by atoms with Gasteiger partial charge in [-0.3, -0.25) is 4.72 Å². The molecule has 112 valence electrons. The first-order valence-electron chi connectivity index (χ1n) is 6.11. The SMILES string of the molecule is COc1cc(NS(=O)(=O)c2cccc(CN)c2)ccc1Br. The number of benzene rings is 2. The van der Waals surface area contributed by atoms with Crippen LogP contribution in [-0.4, -0.2) is 15.5 Å². The molecule has 0 spiro atoms. The molecule has 0 atom stereocenters. The van der Waals surface area contributed by atoms with Crippen molar-refractivity contribution in [3.8, 4) is 5.75 Å². The van der Waals surface area contributed by atoms with Crippen LogP contribution in [-0.2, 0) is 16.6 Å². The molecule has 0 saturated carbocycles. The van der Waals surface area contributed by atoms with E-state index in [2.05, 4.69) is 20.7 Å². The van der Waals surface area contributed by atoms with Crippen LogP contribution in [0, 0.1) is 0 Å². The van der Waals surface area contributed by atoms with Crippen molar-refractivity contribution in [3.63, 3.8) is 0 Å². The second-order valence-electron chi connectivity index (χ2n) is 4.31. The summed E-state index contributed by atoms with van der Waals surface area (Å²) in [5, 5.41) is 0. The molecule has 0 bridgehead atoms. The normalized spacial score (nSPS) is 11.2. The molecule has 0 aliphatic rings. The lowest BCUT2D eigenvalue weighted by molar-refractivity contribution is 0.412. The Morgan fingerprint density at radius 1 is 1.24 bits per heavy atom. The zero-order valence-corrected chi connectivity index (χ0v) is 13.7. The van der Waals surface area contributed by atoms with E-state index in [0.717, 1.165) is 10.0 Å². The number of sulfonamides is 1. The highest BCUT2D eigenvalue weighted by Gasteiger charge is 2.15. The van der Waals surface area contributed by atoms with Crippen LogP contribution in [0.15, 0.2) is 51.8 Å². The molecule has 0 fully saturated rings. The molecule has 3 N–H and O–H groups in total. The molecule has 0 aliphatic heterocycles. The first kappa shape index (κ1) is 15.8. The zero-order chi connectivity index (χ0) is 15.5. The first-order valence-corrected chi connectivity index (χ1v) is 8.39. The van der Waals surface area contributed by atoms with E-state index in [1.165, 1.54) is 13.2 Å². The van der Waals surface area contributed by atoms with Crippen LogP contribution in [0.2, 0.25) is 0 Å². The van der Waals surface area contributed by atoms with Gasteiger partial charge in [0.25, 0.3) is 10.0 Å². The Kier molecular flexibility index (Phi) is 4.87. The summed E-state index contributed by atoms with van der Waals surface area (Å²) in [4.78, 5) is 0.173. The Balaban J connectivity index is 2.32. The summed E-state index contributed by atoms with van der Waals surface area (Å²) in [5.41, 5.74) is 6.71. The molecule has 21 heavy (non-hydrogen) atoms. The standard InChI is InChI=1S/C14H15BrN2O3S/c1-20-14-8-11(5-6-13(14)15)17-21(18,19)12-4-2-3-10(7-12)9-16/h2-8,17H,9,16H2,1H3. The van der Waals surface area contributed by atoms with Gasteiger partial charge < -0.3 is 10.5 Å². The van der Waals surface area contributed by atoms with Crippen LogP contribution in [0.1, 0.15) is 5.56 Å². The van der Waals surface area contributed by atoms with Crippen LogP contribution in [0.3, 0.4) is 0 Å². The topological polar surface area (TPSA) is 81.4 Å². The fourth-order valence-electron chi connectivity index (χ4n) is 1.78. The summed E-state index contributed by atoms with van der Waals surface area (Å²) in [6.07, 6.45) is 0. The van der Waals surface area contributed by atoms with Crippen LogP contribution in [0.25, 0.3) is 0 Å². The summed E-state index contributed by atoms with van der Waals surface area (Å²) >= 11 is 3.32. The lowest BCUT2D eigenvalue weighted by Crippen LogP contribution is -2.13. The number of ether oxygens (including phenoxy) is 1. The third-order valence-electron chi connectivity index (χ3n) is 2.85. The van der Waals surface area contributed by atoms with Gasteiger partial charge in [0.15, 0.2) is 0 Å². The minimum atomic E-state index is -3.66. The van der Waals surface area contributed by atoms with E-state index in [0.29, 0.717) is 11.4 Å². The highest BCUT2D eigenvalue weighted by molar-refractivity contribution is 9.10. The second-order valence-corrected chi connectivity index (χ2v) is 6.84. The minimum absolute atomic E-state index is 0.173. The minimum Gasteiger partial charge on any atom is -0.495 e. The average molecular weight is 371 g/mol.